The number of ether oxygens (including phenoxy) is 1. The van der Waals surface area contributed by atoms with Crippen molar-refractivity contribution in [2.45, 2.75) is 52.2 Å². The molecule has 1 fully saturated rings. The predicted molar refractivity (Wildman–Crippen MR) is 95.2 cm³/mol. The highest BCUT2D eigenvalue weighted by molar-refractivity contribution is 5.88. The first-order valence-electron chi connectivity index (χ1n) is 8.35. The van der Waals surface area contributed by atoms with Gasteiger partial charge in [0.1, 0.15) is 5.60 Å². The average molecular weight is 333 g/mol. The molecule has 0 saturated carbocycles. The van der Waals surface area contributed by atoms with Crippen LogP contribution in [0.4, 0.5) is 16.2 Å². The number of likely N-dealkylation sites (tertiary alicyclic amines) is 1. The third-order valence-corrected chi connectivity index (χ3v) is 3.65. The maximum Gasteiger partial charge on any atom is 0.410 e. The summed E-state index contributed by atoms with van der Waals surface area (Å²) in [5.41, 5.74) is 1.27. The molecule has 2 rings (SSSR count). The number of hydrogen-bond acceptors (Lipinski definition) is 4. The van der Waals surface area contributed by atoms with E-state index >= 15 is 0 Å². The van der Waals surface area contributed by atoms with Crippen molar-refractivity contribution in [3.05, 3.63) is 24.3 Å². The lowest BCUT2D eigenvalue weighted by atomic mass is 10.1. The van der Waals surface area contributed by atoms with Crippen LogP contribution >= 0.6 is 0 Å². The lowest BCUT2D eigenvalue weighted by molar-refractivity contribution is -0.114. The quantitative estimate of drug-likeness (QED) is 0.889. The molecule has 0 spiro atoms. The fourth-order valence-electron chi connectivity index (χ4n) is 2.68. The van der Waals surface area contributed by atoms with Crippen molar-refractivity contribution in [1.29, 1.82) is 0 Å². The Balaban J connectivity index is 1.90. The van der Waals surface area contributed by atoms with Crippen molar-refractivity contribution < 1.29 is 14.3 Å². The number of piperidine rings is 1. The Kier molecular flexibility index (Phi) is 5.70. The molecule has 1 unspecified atom stereocenters. The standard InChI is InChI=1S/C18H27N3O3/c1-13(22)19-14-7-9-15(10-8-14)20-16-6-5-11-21(12-16)17(23)24-18(2,3)4/h7-10,16,20H,5-6,11-12H2,1-4H3,(H,19,22). The number of rotatable bonds is 3. The summed E-state index contributed by atoms with van der Waals surface area (Å²) in [4.78, 5) is 25.0. The summed E-state index contributed by atoms with van der Waals surface area (Å²) in [6, 6.07) is 7.77. The molecule has 1 aliphatic heterocycles. The van der Waals surface area contributed by atoms with E-state index in [1.54, 1.807) is 4.90 Å². The molecule has 6 nitrogen and oxygen atoms in total. The summed E-state index contributed by atoms with van der Waals surface area (Å²) >= 11 is 0. The minimum Gasteiger partial charge on any atom is -0.444 e. The molecule has 1 aromatic carbocycles. The van der Waals surface area contributed by atoms with Crippen LogP contribution in [0.1, 0.15) is 40.5 Å². The van der Waals surface area contributed by atoms with Crippen LogP contribution in [-0.2, 0) is 9.53 Å². The molecule has 0 radical (unpaired) electrons. The molecule has 132 valence electrons. The van der Waals surface area contributed by atoms with E-state index in [2.05, 4.69) is 10.6 Å². The topological polar surface area (TPSA) is 70.7 Å². The zero-order valence-corrected chi connectivity index (χ0v) is 14.9. The number of carbonyl (C=O) groups excluding carboxylic acids is 2. The van der Waals surface area contributed by atoms with Gasteiger partial charge < -0.3 is 20.3 Å². The molecule has 0 aliphatic carbocycles. The molecule has 6 heteroatoms. The molecule has 0 aromatic heterocycles. The first-order valence-corrected chi connectivity index (χ1v) is 8.35. The van der Waals surface area contributed by atoms with E-state index < -0.39 is 5.60 Å². The van der Waals surface area contributed by atoms with Crippen LogP contribution in [0.2, 0.25) is 0 Å². The Labute approximate surface area is 143 Å². The highest BCUT2D eigenvalue weighted by Crippen LogP contribution is 2.20. The largest absolute Gasteiger partial charge is 0.444 e. The molecule has 2 N–H and O–H groups in total. The molecular formula is C18H27N3O3. The molecule has 1 heterocycles. The smallest absolute Gasteiger partial charge is 0.410 e. The molecule has 0 bridgehead atoms. The van der Waals surface area contributed by atoms with Gasteiger partial charge in [0.2, 0.25) is 5.91 Å². The first-order chi connectivity index (χ1) is 11.2. The van der Waals surface area contributed by atoms with E-state index in [-0.39, 0.29) is 18.0 Å². The van der Waals surface area contributed by atoms with E-state index in [1.807, 2.05) is 45.0 Å². The number of carbonyl (C=O) groups is 2. The zero-order valence-electron chi connectivity index (χ0n) is 14.9. The molecule has 2 amide bonds. The van der Waals surface area contributed by atoms with Crippen LogP contribution in [-0.4, -0.2) is 41.6 Å². The van der Waals surface area contributed by atoms with E-state index in [4.69, 9.17) is 4.74 Å². The van der Waals surface area contributed by atoms with Gasteiger partial charge in [0, 0.05) is 37.4 Å². The Bertz CT molecular complexity index is 578. The van der Waals surface area contributed by atoms with Crippen LogP contribution in [0.5, 0.6) is 0 Å². The van der Waals surface area contributed by atoms with Crippen LogP contribution in [0, 0.1) is 0 Å². The third-order valence-electron chi connectivity index (χ3n) is 3.65. The summed E-state index contributed by atoms with van der Waals surface area (Å²) in [6.45, 7) is 8.47. The van der Waals surface area contributed by atoms with Crippen molar-refractivity contribution in [2.24, 2.45) is 0 Å². The normalized spacial score (nSPS) is 18.0. The second-order valence-electron chi connectivity index (χ2n) is 7.17. The van der Waals surface area contributed by atoms with Crippen molar-refractivity contribution in [1.82, 2.24) is 4.90 Å². The Morgan fingerprint density at radius 3 is 2.38 bits per heavy atom. The highest BCUT2D eigenvalue weighted by Gasteiger charge is 2.27. The third kappa shape index (κ3) is 5.76. The van der Waals surface area contributed by atoms with Crippen LogP contribution in [0.15, 0.2) is 24.3 Å². The lowest BCUT2D eigenvalue weighted by Crippen LogP contribution is -2.46. The van der Waals surface area contributed by atoms with E-state index in [0.717, 1.165) is 30.8 Å². The van der Waals surface area contributed by atoms with Crippen molar-refractivity contribution in [3.63, 3.8) is 0 Å². The summed E-state index contributed by atoms with van der Waals surface area (Å²) in [5.74, 6) is -0.0870. The van der Waals surface area contributed by atoms with Crippen molar-refractivity contribution >= 4 is 23.4 Å². The van der Waals surface area contributed by atoms with Gasteiger partial charge in [-0.3, -0.25) is 4.79 Å². The monoisotopic (exact) mass is 333 g/mol. The first kappa shape index (κ1) is 18.1. The summed E-state index contributed by atoms with van der Waals surface area (Å²) < 4.78 is 5.45. The van der Waals surface area contributed by atoms with Crippen LogP contribution in [0.25, 0.3) is 0 Å². The molecule has 1 saturated heterocycles. The van der Waals surface area contributed by atoms with Gasteiger partial charge in [-0.05, 0) is 57.9 Å². The predicted octanol–water partition coefficient (Wildman–Crippen LogP) is 3.46. The van der Waals surface area contributed by atoms with Gasteiger partial charge in [0.25, 0.3) is 0 Å². The van der Waals surface area contributed by atoms with E-state index in [0.29, 0.717) is 6.54 Å². The fourth-order valence-corrected chi connectivity index (χ4v) is 2.68. The summed E-state index contributed by atoms with van der Waals surface area (Å²) in [5, 5.41) is 6.19. The summed E-state index contributed by atoms with van der Waals surface area (Å²) in [6.07, 6.45) is 1.70. The summed E-state index contributed by atoms with van der Waals surface area (Å²) in [7, 11) is 0. The average Bonchev–Trinajstić information content (AvgIpc) is 2.47. The van der Waals surface area contributed by atoms with Gasteiger partial charge in [-0.2, -0.15) is 0 Å². The van der Waals surface area contributed by atoms with Gasteiger partial charge in [0.05, 0.1) is 0 Å². The van der Waals surface area contributed by atoms with Crippen LogP contribution in [0.3, 0.4) is 0 Å². The van der Waals surface area contributed by atoms with Crippen molar-refractivity contribution in [3.8, 4) is 0 Å². The minimum absolute atomic E-state index is 0.0870. The second-order valence-corrected chi connectivity index (χ2v) is 7.17. The van der Waals surface area contributed by atoms with Gasteiger partial charge in [-0.15, -0.1) is 0 Å². The van der Waals surface area contributed by atoms with Gasteiger partial charge in [-0.25, -0.2) is 4.79 Å². The number of anilines is 2. The Morgan fingerprint density at radius 1 is 1.17 bits per heavy atom. The van der Waals surface area contributed by atoms with Crippen LogP contribution < -0.4 is 10.6 Å². The minimum atomic E-state index is -0.475. The lowest BCUT2D eigenvalue weighted by Gasteiger charge is -2.34. The number of nitrogens with one attached hydrogen (secondary N) is 2. The number of hydrogen-bond donors (Lipinski definition) is 2. The Hall–Kier alpha value is -2.24. The maximum absolute atomic E-state index is 12.2. The van der Waals surface area contributed by atoms with Gasteiger partial charge in [0.15, 0.2) is 0 Å². The van der Waals surface area contributed by atoms with Gasteiger partial charge in [-0.1, -0.05) is 0 Å². The maximum atomic E-state index is 12.2. The SMILES string of the molecule is CC(=O)Nc1ccc(NC2CCCN(C(=O)OC(C)(C)C)C2)cc1. The molecule has 1 aliphatic rings. The van der Waals surface area contributed by atoms with E-state index in [9.17, 15) is 9.59 Å². The Morgan fingerprint density at radius 2 is 1.79 bits per heavy atom. The zero-order chi connectivity index (χ0) is 17.7. The van der Waals surface area contributed by atoms with Crippen molar-refractivity contribution in [2.75, 3.05) is 23.7 Å². The molecular weight excluding hydrogens is 306 g/mol. The molecule has 1 atom stereocenters. The molecule has 1 aromatic rings. The highest BCUT2D eigenvalue weighted by atomic mass is 16.6. The fraction of sp³-hybridized carbons (Fsp3) is 0.556. The molecule has 24 heavy (non-hydrogen) atoms. The van der Waals surface area contributed by atoms with Gasteiger partial charge >= 0.3 is 6.09 Å². The number of nitrogens with zero attached hydrogens (tertiary/aromatic N) is 1. The van der Waals surface area contributed by atoms with E-state index in [1.165, 1.54) is 6.92 Å². The second kappa shape index (κ2) is 7.55. The number of amides is 2. The number of benzene rings is 1.